The van der Waals surface area contributed by atoms with Crippen LogP contribution in [-0.4, -0.2) is 29.1 Å². The van der Waals surface area contributed by atoms with E-state index in [2.05, 4.69) is 33.8 Å². The first-order valence-corrected chi connectivity index (χ1v) is 7.56. The van der Waals surface area contributed by atoms with Crippen molar-refractivity contribution in [3.05, 3.63) is 34.3 Å². The van der Waals surface area contributed by atoms with Gasteiger partial charge in [0.15, 0.2) is 0 Å². The van der Waals surface area contributed by atoms with Crippen LogP contribution in [0.25, 0.3) is 0 Å². The number of aliphatic carboxylic acids is 1. The molecule has 0 aromatic heterocycles. The fourth-order valence-corrected chi connectivity index (χ4v) is 3.34. The quantitative estimate of drug-likeness (QED) is 0.900. The van der Waals surface area contributed by atoms with Crippen LogP contribution in [-0.2, 0) is 11.3 Å². The van der Waals surface area contributed by atoms with E-state index in [4.69, 9.17) is 0 Å². The maximum Gasteiger partial charge on any atom is 0.310 e. The summed E-state index contributed by atoms with van der Waals surface area (Å²) in [5, 5.41) is 9.50. The lowest BCUT2D eigenvalue weighted by molar-refractivity contribution is -0.148. The van der Waals surface area contributed by atoms with Gasteiger partial charge in [0.1, 0.15) is 0 Å². The number of carboxylic acids is 1. The van der Waals surface area contributed by atoms with E-state index in [1.54, 1.807) is 0 Å². The Labute approximate surface area is 122 Å². The molecule has 4 heteroatoms. The molecule has 1 fully saturated rings. The lowest BCUT2D eigenvalue weighted by Gasteiger charge is -2.24. The van der Waals surface area contributed by atoms with Crippen LogP contribution < -0.4 is 0 Å². The highest BCUT2D eigenvalue weighted by molar-refractivity contribution is 9.10. The molecule has 104 valence electrons. The first kappa shape index (κ1) is 14.5. The van der Waals surface area contributed by atoms with Crippen molar-refractivity contribution in [2.45, 2.75) is 32.7 Å². The van der Waals surface area contributed by atoms with Crippen LogP contribution in [0, 0.1) is 5.41 Å². The summed E-state index contributed by atoms with van der Waals surface area (Å²) >= 11 is 3.55. The number of hydrogen-bond acceptors (Lipinski definition) is 2. The standard InChI is InChI=1S/C15H20BrNO2/c1-2-7-15(14(18)19)8-9-17(11-15)10-12-5-3-4-6-13(12)16/h3-6H,2,7-11H2,1H3,(H,18,19). The zero-order valence-corrected chi connectivity index (χ0v) is 12.8. The van der Waals surface area contributed by atoms with Gasteiger partial charge in [-0.15, -0.1) is 0 Å². The summed E-state index contributed by atoms with van der Waals surface area (Å²) in [5.74, 6) is -0.635. The Kier molecular flexibility index (Phi) is 4.63. The Hall–Kier alpha value is -0.870. The molecule has 1 unspecified atom stereocenters. The minimum absolute atomic E-state index is 0.532. The van der Waals surface area contributed by atoms with Crippen molar-refractivity contribution < 1.29 is 9.90 Å². The summed E-state index contributed by atoms with van der Waals surface area (Å²) in [6, 6.07) is 8.13. The number of hydrogen-bond donors (Lipinski definition) is 1. The smallest absolute Gasteiger partial charge is 0.310 e. The normalized spacial score (nSPS) is 23.7. The van der Waals surface area contributed by atoms with Crippen molar-refractivity contribution >= 4 is 21.9 Å². The summed E-state index contributed by atoms with van der Waals surface area (Å²) in [6.07, 6.45) is 2.46. The van der Waals surface area contributed by atoms with Gasteiger partial charge in [-0.2, -0.15) is 0 Å². The Morgan fingerprint density at radius 1 is 1.47 bits per heavy atom. The van der Waals surface area contributed by atoms with Crippen molar-refractivity contribution in [2.24, 2.45) is 5.41 Å². The molecule has 0 aliphatic carbocycles. The van der Waals surface area contributed by atoms with Gasteiger partial charge < -0.3 is 5.11 Å². The second-order valence-electron chi connectivity index (χ2n) is 5.39. The number of halogens is 1. The molecule has 1 atom stereocenters. The van der Waals surface area contributed by atoms with Gasteiger partial charge in [-0.1, -0.05) is 47.5 Å². The minimum Gasteiger partial charge on any atom is -0.481 e. The molecule has 1 aromatic carbocycles. The van der Waals surface area contributed by atoms with Gasteiger partial charge in [0.2, 0.25) is 0 Å². The van der Waals surface area contributed by atoms with E-state index in [-0.39, 0.29) is 0 Å². The average molecular weight is 326 g/mol. The highest BCUT2D eigenvalue weighted by Crippen LogP contribution is 2.36. The van der Waals surface area contributed by atoms with Gasteiger partial charge in [-0.05, 0) is 31.0 Å². The van der Waals surface area contributed by atoms with E-state index in [0.29, 0.717) is 6.54 Å². The molecule has 1 aliphatic heterocycles. The molecule has 0 bridgehead atoms. The molecule has 3 nitrogen and oxygen atoms in total. The first-order valence-electron chi connectivity index (χ1n) is 6.76. The van der Waals surface area contributed by atoms with Crippen LogP contribution in [0.15, 0.2) is 28.7 Å². The van der Waals surface area contributed by atoms with E-state index >= 15 is 0 Å². The topological polar surface area (TPSA) is 40.5 Å². The van der Waals surface area contributed by atoms with Gasteiger partial charge in [0.25, 0.3) is 0 Å². The molecule has 1 heterocycles. The largest absolute Gasteiger partial charge is 0.481 e. The van der Waals surface area contributed by atoms with Crippen molar-refractivity contribution in [2.75, 3.05) is 13.1 Å². The SMILES string of the molecule is CCCC1(C(=O)O)CCN(Cc2ccccc2Br)C1. The van der Waals surface area contributed by atoms with E-state index < -0.39 is 11.4 Å². The Morgan fingerprint density at radius 3 is 2.84 bits per heavy atom. The van der Waals surface area contributed by atoms with Gasteiger partial charge in [-0.25, -0.2) is 0 Å². The summed E-state index contributed by atoms with van der Waals surface area (Å²) in [4.78, 5) is 13.8. The van der Waals surface area contributed by atoms with E-state index in [1.165, 1.54) is 5.56 Å². The van der Waals surface area contributed by atoms with Gasteiger partial charge in [0.05, 0.1) is 5.41 Å². The number of carbonyl (C=O) groups is 1. The fraction of sp³-hybridized carbons (Fsp3) is 0.533. The van der Waals surface area contributed by atoms with Crippen LogP contribution in [0.4, 0.5) is 0 Å². The molecule has 1 N–H and O–H groups in total. The zero-order chi connectivity index (χ0) is 13.9. The first-order chi connectivity index (χ1) is 9.07. The van der Waals surface area contributed by atoms with Crippen molar-refractivity contribution in [3.8, 4) is 0 Å². The van der Waals surface area contributed by atoms with Gasteiger partial charge >= 0.3 is 5.97 Å². The molecule has 1 saturated heterocycles. The number of carboxylic acid groups (broad SMARTS) is 1. The van der Waals surface area contributed by atoms with Gasteiger partial charge in [-0.3, -0.25) is 9.69 Å². The third-order valence-electron chi connectivity index (χ3n) is 3.97. The maximum absolute atomic E-state index is 11.5. The highest BCUT2D eigenvalue weighted by Gasteiger charge is 2.43. The number of likely N-dealkylation sites (tertiary alicyclic amines) is 1. The third-order valence-corrected chi connectivity index (χ3v) is 4.74. The molecule has 0 amide bonds. The lowest BCUT2D eigenvalue weighted by Crippen LogP contribution is -2.34. The summed E-state index contributed by atoms with van der Waals surface area (Å²) in [5.41, 5.74) is 0.691. The highest BCUT2D eigenvalue weighted by atomic mass is 79.9. The molecule has 1 aromatic rings. The van der Waals surface area contributed by atoms with Crippen LogP contribution in [0.1, 0.15) is 31.7 Å². The van der Waals surface area contributed by atoms with Crippen molar-refractivity contribution in [1.82, 2.24) is 4.90 Å². The zero-order valence-electron chi connectivity index (χ0n) is 11.2. The van der Waals surface area contributed by atoms with Gasteiger partial charge in [0, 0.05) is 17.6 Å². The average Bonchev–Trinajstić information content (AvgIpc) is 2.77. The molecular formula is C15H20BrNO2. The number of rotatable bonds is 5. The third kappa shape index (κ3) is 3.18. The van der Waals surface area contributed by atoms with E-state index in [0.717, 1.165) is 36.8 Å². The summed E-state index contributed by atoms with van der Waals surface area (Å²) in [7, 11) is 0. The number of benzene rings is 1. The Bertz CT molecular complexity index is 463. The van der Waals surface area contributed by atoms with E-state index in [1.807, 2.05) is 18.2 Å². The van der Waals surface area contributed by atoms with Crippen LogP contribution in [0.2, 0.25) is 0 Å². The number of nitrogens with zero attached hydrogens (tertiary/aromatic N) is 1. The molecule has 0 spiro atoms. The maximum atomic E-state index is 11.5. The van der Waals surface area contributed by atoms with Crippen LogP contribution >= 0.6 is 15.9 Å². The lowest BCUT2D eigenvalue weighted by atomic mass is 9.83. The van der Waals surface area contributed by atoms with E-state index in [9.17, 15) is 9.90 Å². The van der Waals surface area contributed by atoms with Crippen LogP contribution in [0.5, 0.6) is 0 Å². The minimum atomic E-state index is -0.635. The van der Waals surface area contributed by atoms with Crippen molar-refractivity contribution in [3.63, 3.8) is 0 Å². The second kappa shape index (κ2) is 6.06. The Balaban J connectivity index is 2.06. The molecular weight excluding hydrogens is 306 g/mol. The molecule has 0 saturated carbocycles. The predicted octanol–water partition coefficient (Wildman–Crippen LogP) is 3.53. The molecule has 19 heavy (non-hydrogen) atoms. The molecule has 0 radical (unpaired) electrons. The second-order valence-corrected chi connectivity index (χ2v) is 6.24. The van der Waals surface area contributed by atoms with Crippen molar-refractivity contribution in [1.29, 1.82) is 0 Å². The fourth-order valence-electron chi connectivity index (χ4n) is 2.92. The summed E-state index contributed by atoms with van der Waals surface area (Å²) < 4.78 is 1.10. The Morgan fingerprint density at radius 2 is 2.21 bits per heavy atom. The molecule has 2 rings (SSSR count). The molecule has 1 aliphatic rings. The van der Waals surface area contributed by atoms with Crippen LogP contribution in [0.3, 0.4) is 0 Å². The summed E-state index contributed by atoms with van der Waals surface area (Å²) in [6.45, 7) is 4.41. The predicted molar refractivity (Wildman–Crippen MR) is 79.0 cm³/mol. The monoisotopic (exact) mass is 325 g/mol.